The molecule has 6 N–H and O–H groups in total. The molecule has 6 rings (SSSR count). The Labute approximate surface area is 322 Å². The van der Waals surface area contributed by atoms with Gasteiger partial charge in [0.2, 0.25) is 29.0 Å². The number of nitrogens with two attached hydrogens (primary N) is 1. The van der Waals surface area contributed by atoms with E-state index in [0.29, 0.717) is 83.1 Å². The minimum absolute atomic E-state index is 0.0418. The van der Waals surface area contributed by atoms with Crippen molar-refractivity contribution in [3.63, 3.8) is 0 Å². The van der Waals surface area contributed by atoms with Crippen molar-refractivity contribution in [3.8, 4) is 11.5 Å². The fourth-order valence-corrected chi connectivity index (χ4v) is 8.37. The Morgan fingerprint density at radius 1 is 0.839 bits per heavy atom. The number of carbonyl (C=O) groups excluding carboxylic acids is 4. The summed E-state index contributed by atoms with van der Waals surface area (Å²) >= 11 is 0. The van der Waals surface area contributed by atoms with Crippen LogP contribution in [0.5, 0.6) is 0 Å². The first kappa shape index (κ1) is 40.6. The number of anilines is 1. The number of hydrogen-bond acceptors (Lipinski definition) is 11. The average Bonchev–Trinajstić information content (AvgIpc) is 3.86. The summed E-state index contributed by atoms with van der Waals surface area (Å²) in [7, 11) is -8.46. The lowest BCUT2D eigenvalue weighted by molar-refractivity contribution is -0.139. The van der Waals surface area contributed by atoms with E-state index in [9.17, 15) is 45.1 Å². The molecule has 2 fully saturated rings. The Morgan fingerprint density at radius 2 is 1.45 bits per heavy atom. The zero-order chi connectivity index (χ0) is 40.2. The smallest absolute Gasteiger partial charge is 0.265 e. The van der Waals surface area contributed by atoms with Gasteiger partial charge in [0.15, 0.2) is 11.3 Å². The number of rotatable bonds is 14. The van der Waals surface area contributed by atoms with E-state index in [1.807, 2.05) is 24.3 Å². The molecule has 18 nitrogen and oxygen atoms in total. The molecule has 0 radical (unpaired) electrons. The minimum atomic E-state index is -4.23. The Bertz CT molecular complexity index is 2400. The number of hydrogen-bond donors (Lipinski definition) is 5. The lowest BCUT2D eigenvalue weighted by Gasteiger charge is -2.26. The highest BCUT2D eigenvalue weighted by atomic mass is 32.2. The lowest BCUT2D eigenvalue weighted by atomic mass is 10.1. The first-order valence-electron chi connectivity index (χ1n) is 18.2. The van der Waals surface area contributed by atoms with E-state index >= 15 is 0 Å². The second-order valence-corrected chi connectivity index (χ2v) is 17.0. The molecule has 2 saturated heterocycles. The van der Waals surface area contributed by atoms with Gasteiger partial charge in [-0.1, -0.05) is 24.3 Å². The summed E-state index contributed by atoms with van der Waals surface area (Å²) in [6, 6.07) is 12.5. The lowest BCUT2D eigenvalue weighted by Crippen LogP contribution is -2.51. The zero-order valence-electron chi connectivity index (χ0n) is 30.4. The topological polar surface area (TPSA) is 263 Å². The van der Waals surface area contributed by atoms with Crippen molar-refractivity contribution in [2.24, 2.45) is 5.73 Å². The van der Waals surface area contributed by atoms with E-state index in [2.05, 4.69) is 10.6 Å². The van der Waals surface area contributed by atoms with Gasteiger partial charge in [-0.2, -0.15) is 16.8 Å². The van der Waals surface area contributed by atoms with Crippen LogP contribution in [0.25, 0.3) is 33.3 Å². The third-order valence-corrected chi connectivity index (χ3v) is 11.6. The largest absolute Gasteiger partial charge is 0.452 e. The quantitative estimate of drug-likeness (QED) is 0.0501. The molecule has 2 atom stereocenters. The van der Waals surface area contributed by atoms with E-state index < -0.39 is 61.5 Å². The summed E-state index contributed by atoms with van der Waals surface area (Å²) in [5, 5.41) is 7.52. The summed E-state index contributed by atoms with van der Waals surface area (Å²) in [5.41, 5.74) is 7.22. The average molecular weight is 815 g/mol. The molecule has 0 unspecified atom stereocenters. The first-order valence-corrected chi connectivity index (χ1v) is 21.5. The van der Waals surface area contributed by atoms with Crippen LogP contribution < -0.4 is 26.3 Å². The first-order chi connectivity index (χ1) is 26.6. The van der Waals surface area contributed by atoms with Crippen molar-refractivity contribution in [1.29, 1.82) is 0 Å². The maximum absolute atomic E-state index is 13.8. The Balaban J connectivity index is 1.25. The van der Waals surface area contributed by atoms with Gasteiger partial charge in [-0.05, 0) is 31.7 Å². The van der Waals surface area contributed by atoms with Gasteiger partial charge < -0.3 is 30.6 Å². The van der Waals surface area contributed by atoms with Crippen LogP contribution in [0.3, 0.4) is 0 Å². The summed E-state index contributed by atoms with van der Waals surface area (Å²) in [6.45, 7) is 0.475. The molecule has 3 aliphatic heterocycles. The van der Waals surface area contributed by atoms with Gasteiger partial charge in [0.1, 0.15) is 36.4 Å². The molecule has 56 heavy (non-hydrogen) atoms. The van der Waals surface area contributed by atoms with Crippen molar-refractivity contribution in [2.75, 3.05) is 56.1 Å². The van der Waals surface area contributed by atoms with Crippen LogP contribution in [0.2, 0.25) is 0 Å². The fourth-order valence-electron chi connectivity index (χ4n) is 7.38. The predicted molar refractivity (Wildman–Crippen MR) is 205 cm³/mol. The third-order valence-electron chi connectivity index (χ3n) is 10.0. The van der Waals surface area contributed by atoms with Crippen molar-refractivity contribution >= 4 is 71.4 Å². The van der Waals surface area contributed by atoms with Crippen molar-refractivity contribution in [1.82, 2.24) is 24.7 Å². The Morgan fingerprint density at radius 3 is 2.07 bits per heavy atom. The van der Waals surface area contributed by atoms with Gasteiger partial charge in [0.25, 0.3) is 20.2 Å². The number of fused-ring (bicyclic) bond motifs is 4. The molecule has 3 heterocycles. The highest BCUT2D eigenvalue weighted by Crippen LogP contribution is 2.34. The number of nitrogens with one attached hydrogen (secondary N) is 2. The molecule has 2 aromatic carbocycles. The van der Waals surface area contributed by atoms with E-state index in [1.165, 1.54) is 9.80 Å². The highest BCUT2D eigenvalue weighted by molar-refractivity contribution is 7.86. The molecule has 0 spiro atoms. The normalized spacial score (nSPS) is 17.5. The van der Waals surface area contributed by atoms with Crippen LogP contribution >= 0.6 is 0 Å². The second-order valence-electron chi connectivity index (χ2n) is 13.9. The SMILES string of the molecule is NCC(=O)N1CCC[C@H]1C(=O)NCC(=O)N1CCC[C@H]1C(=O)Nc1cc2oc3cc(=[N+](CCCS(=O)(=O)O)CCCS(=O)(=O)O)ccc-3nc2c2ccccc12. The van der Waals surface area contributed by atoms with Crippen molar-refractivity contribution < 1.29 is 49.5 Å². The van der Waals surface area contributed by atoms with Crippen molar-refractivity contribution in [3.05, 3.63) is 53.9 Å². The summed E-state index contributed by atoms with van der Waals surface area (Å²) < 4.78 is 71.9. The fraction of sp³-hybridized carbons (Fsp3) is 0.444. The third kappa shape index (κ3) is 9.67. The molecular formula is C36H44N7O11S2+. The van der Waals surface area contributed by atoms with Crippen LogP contribution in [-0.2, 0) is 39.4 Å². The van der Waals surface area contributed by atoms with E-state index in [0.717, 1.165) is 0 Å². The van der Waals surface area contributed by atoms with E-state index in [4.69, 9.17) is 15.1 Å². The maximum Gasteiger partial charge on any atom is 0.265 e. The molecular weight excluding hydrogens is 771 g/mol. The Kier molecular flexibility index (Phi) is 12.3. The molecule has 0 saturated carbocycles. The van der Waals surface area contributed by atoms with Crippen LogP contribution in [0.4, 0.5) is 5.69 Å². The second kappa shape index (κ2) is 17.0. The van der Waals surface area contributed by atoms with Crippen LogP contribution in [0, 0.1) is 0 Å². The van der Waals surface area contributed by atoms with E-state index in [1.54, 1.807) is 28.8 Å². The molecule has 1 aliphatic carbocycles. The summed E-state index contributed by atoms with van der Waals surface area (Å²) in [4.78, 5) is 59.9. The summed E-state index contributed by atoms with van der Waals surface area (Å²) in [5.74, 6) is -2.31. The number of carbonyl (C=O) groups is 4. The highest BCUT2D eigenvalue weighted by Gasteiger charge is 2.37. The summed E-state index contributed by atoms with van der Waals surface area (Å²) in [6.07, 6.45) is 2.19. The monoisotopic (exact) mass is 814 g/mol. The molecule has 0 aromatic heterocycles. The molecule has 300 valence electrons. The number of likely N-dealkylation sites (tertiary alicyclic amines) is 2. The van der Waals surface area contributed by atoms with Gasteiger partial charge in [0.05, 0.1) is 36.3 Å². The molecule has 20 heteroatoms. The maximum atomic E-state index is 13.8. The van der Waals surface area contributed by atoms with Gasteiger partial charge in [0, 0.05) is 48.8 Å². The van der Waals surface area contributed by atoms with Crippen molar-refractivity contribution in [2.45, 2.75) is 50.6 Å². The molecule has 0 bridgehead atoms. The Hall–Kier alpha value is -5.02. The number of amides is 4. The number of aromatic nitrogens is 1. The van der Waals surface area contributed by atoms with Gasteiger partial charge in [-0.25, -0.2) is 9.56 Å². The predicted octanol–water partition coefficient (Wildman–Crippen LogP) is 0.409. The van der Waals surface area contributed by atoms with Gasteiger partial charge in [-0.15, -0.1) is 0 Å². The number of benzene rings is 3. The van der Waals surface area contributed by atoms with Crippen LogP contribution in [0.1, 0.15) is 38.5 Å². The number of nitrogens with zero attached hydrogens (tertiary/aromatic N) is 4. The minimum Gasteiger partial charge on any atom is -0.452 e. The zero-order valence-corrected chi connectivity index (χ0v) is 32.1. The van der Waals surface area contributed by atoms with Crippen LogP contribution in [0.15, 0.2) is 52.9 Å². The van der Waals surface area contributed by atoms with E-state index in [-0.39, 0.29) is 44.9 Å². The molecule has 4 amide bonds. The molecule has 2 aromatic rings. The molecule has 4 aliphatic rings. The van der Waals surface area contributed by atoms with Gasteiger partial charge >= 0.3 is 0 Å². The standard InChI is InChI=1S/C36H43N7O11S2/c37-21-32(44)42-15-3-9-28(42)35(46)38-22-33(45)43-16-4-10-29(43)36(47)40-27-20-31-34(25-8-2-1-7-24(25)27)39-26-12-11-23(19-30(26)54-31)41(13-5-17-55(48,49)50)14-6-18-56(51,52)53/h1-2,7-8,11-12,19-20,28-29H,3-6,9-10,13-18,21-22,37H2,(H3,38,46,48,49,50,51,52,53)/p+1/t28-,29-/m0/s1. The van der Waals surface area contributed by atoms with Crippen LogP contribution in [-0.4, -0.2) is 127 Å². The van der Waals surface area contributed by atoms with Gasteiger partial charge in [-0.3, -0.25) is 28.3 Å².